The predicted octanol–water partition coefficient (Wildman–Crippen LogP) is 2.21. The summed E-state index contributed by atoms with van der Waals surface area (Å²) in [5, 5.41) is 0. The van der Waals surface area contributed by atoms with Crippen molar-refractivity contribution in [2.45, 2.75) is 18.8 Å². The standard InChI is InChI=1S/C12H18OS/c1-14(13)9-7-12(8-10-14)11-5-3-2-4-6-11/h2-6,12,14H,7-10H2,1H3. The van der Waals surface area contributed by atoms with Crippen molar-refractivity contribution in [3.05, 3.63) is 35.9 Å². The van der Waals surface area contributed by atoms with Crippen LogP contribution in [0.5, 0.6) is 0 Å². The Morgan fingerprint density at radius 3 is 2.29 bits per heavy atom. The van der Waals surface area contributed by atoms with E-state index in [0.29, 0.717) is 5.92 Å². The molecule has 0 spiro atoms. The normalized spacial score (nSPS) is 28.2. The molecule has 1 saturated heterocycles. The third kappa shape index (κ3) is 2.24. The minimum atomic E-state index is -1.74. The van der Waals surface area contributed by atoms with Crippen LogP contribution in [0.4, 0.5) is 0 Å². The molecule has 14 heavy (non-hydrogen) atoms. The Morgan fingerprint density at radius 1 is 1.14 bits per heavy atom. The smallest absolute Gasteiger partial charge is 0.00160 e. The van der Waals surface area contributed by atoms with E-state index in [-0.39, 0.29) is 0 Å². The van der Waals surface area contributed by atoms with Gasteiger partial charge in [0.25, 0.3) is 0 Å². The summed E-state index contributed by atoms with van der Waals surface area (Å²) in [5.74, 6) is 2.53. The number of benzene rings is 1. The molecule has 1 nitrogen and oxygen atoms in total. The predicted molar refractivity (Wildman–Crippen MR) is 63.6 cm³/mol. The highest BCUT2D eigenvalue weighted by molar-refractivity contribution is 8.02. The summed E-state index contributed by atoms with van der Waals surface area (Å²) in [6.07, 6.45) is 4.17. The highest BCUT2D eigenvalue weighted by atomic mass is 32.2. The molecule has 1 heterocycles. The summed E-state index contributed by atoms with van der Waals surface area (Å²) >= 11 is 0. The van der Waals surface area contributed by atoms with Gasteiger partial charge >= 0.3 is 0 Å². The molecule has 0 aromatic heterocycles. The molecular weight excluding hydrogens is 192 g/mol. The Labute approximate surface area is 87.0 Å². The maximum absolute atomic E-state index is 11.8. The van der Waals surface area contributed by atoms with Crippen LogP contribution in [0.3, 0.4) is 0 Å². The Kier molecular flexibility index (Phi) is 2.73. The minimum absolute atomic E-state index is 0.651. The van der Waals surface area contributed by atoms with Gasteiger partial charge < -0.3 is 0 Å². The van der Waals surface area contributed by atoms with Crippen molar-refractivity contribution >= 4 is 9.93 Å². The van der Waals surface area contributed by atoms with Gasteiger partial charge in [0.1, 0.15) is 0 Å². The molecule has 78 valence electrons. The van der Waals surface area contributed by atoms with Crippen LogP contribution in [0.15, 0.2) is 30.3 Å². The van der Waals surface area contributed by atoms with Crippen molar-refractivity contribution in [1.29, 1.82) is 0 Å². The number of hydrogen-bond donors (Lipinski definition) is 1. The topological polar surface area (TPSA) is 17.1 Å². The molecule has 0 amide bonds. The van der Waals surface area contributed by atoms with Crippen LogP contribution in [0, 0.1) is 0 Å². The number of rotatable bonds is 1. The zero-order valence-corrected chi connectivity index (χ0v) is 9.54. The zero-order chi connectivity index (χ0) is 10.0. The quantitative estimate of drug-likeness (QED) is 0.703. The van der Waals surface area contributed by atoms with Gasteiger partial charge in [-0.3, -0.25) is 4.21 Å². The van der Waals surface area contributed by atoms with E-state index >= 15 is 0 Å². The lowest BCUT2D eigenvalue weighted by atomic mass is 9.94. The van der Waals surface area contributed by atoms with Gasteiger partial charge in [-0.1, -0.05) is 30.3 Å². The lowest BCUT2D eigenvalue weighted by Gasteiger charge is -2.30. The van der Waals surface area contributed by atoms with E-state index in [9.17, 15) is 4.21 Å². The first kappa shape index (κ1) is 9.91. The largest absolute Gasteiger partial charge is 0.285 e. The summed E-state index contributed by atoms with van der Waals surface area (Å²) in [6.45, 7) is 0. The third-order valence-electron chi connectivity index (χ3n) is 3.17. The number of thiol groups is 1. The Bertz CT molecular complexity index is 333. The van der Waals surface area contributed by atoms with Gasteiger partial charge in [0.05, 0.1) is 0 Å². The third-order valence-corrected chi connectivity index (χ3v) is 5.58. The fourth-order valence-electron chi connectivity index (χ4n) is 2.17. The van der Waals surface area contributed by atoms with E-state index in [1.165, 1.54) is 5.56 Å². The molecule has 1 aliphatic rings. The maximum Gasteiger partial charge on any atom is 0.00160 e. The van der Waals surface area contributed by atoms with E-state index in [4.69, 9.17) is 0 Å². The fourth-order valence-corrected chi connectivity index (χ4v) is 4.11. The first-order valence-corrected chi connectivity index (χ1v) is 7.80. The molecule has 1 fully saturated rings. The number of hydrogen-bond acceptors (Lipinski definition) is 1. The zero-order valence-electron chi connectivity index (χ0n) is 8.65. The molecule has 0 N–H and O–H groups in total. The molecule has 0 saturated carbocycles. The lowest BCUT2D eigenvalue weighted by molar-refractivity contribution is 0.597. The van der Waals surface area contributed by atoms with Crippen LogP contribution >= 0.6 is 0 Å². The van der Waals surface area contributed by atoms with Crippen molar-refractivity contribution in [1.82, 2.24) is 0 Å². The molecule has 2 heteroatoms. The van der Waals surface area contributed by atoms with Crippen LogP contribution in [-0.4, -0.2) is 22.0 Å². The summed E-state index contributed by atoms with van der Waals surface area (Å²) in [6, 6.07) is 10.6. The van der Waals surface area contributed by atoms with Gasteiger partial charge in [0.2, 0.25) is 0 Å². The van der Waals surface area contributed by atoms with Gasteiger partial charge in [-0.2, -0.15) is 0 Å². The minimum Gasteiger partial charge on any atom is -0.285 e. The van der Waals surface area contributed by atoms with Crippen LogP contribution in [0.1, 0.15) is 24.3 Å². The summed E-state index contributed by atoms with van der Waals surface area (Å²) in [5.41, 5.74) is 1.42. The van der Waals surface area contributed by atoms with Gasteiger partial charge in [0.15, 0.2) is 0 Å². The van der Waals surface area contributed by atoms with Gasteiger partial charge in [-0.15, -0.1) is 9.93 Å². The Balaban J connectivity index is 2.06. The molecule has 0 atom stereocenters. The van der Waals surface area contributed by atoms with Crippen molar-refractivity contribution in [3.63, 3.8) is 0 Å². The van der Waals surface area contributed by atoms with Crippen LogP contribution in [0.25, 0.3) is 0 Å². The molecule has 0 radical (unpaired) electrons. The van der Waals surface area contributed by atoms with Crippen LogP contribution < -0.4 is 0 Å². The van der Waals surface area contributed by atoms with E-state index in [2.05, 4.69) is 30.3 Å². The molecule has 0 aliphatic carbocycles. The fraction of sp³-hybridized carbons (Fsp3) is 0.500. The Morgan fingerprint density at radius 2 is 1.71 bits per heavy atom. The average molecular weight is 210 g/mol. The monoisotopic (exact) mass is 210 g/mol. The average Bonchev–Trinajstić information content (AvgIpc) is 2.19. The molecular formula is C12H18OS. The molecule has 1 aromatic rings. The van der Waals surface area contributed by atoms with Crippen molar-refractivity contribution in [3.8, 4) is 0 Å². The van der Waals surface area contributed by atoms with Gasteiger partial charge in [0, 0.05) is 11.5 Å². The van der Waals surface area contributed by atoms with Crippen molar-refractivity contribution < 1.29 is 4.21 Å². The summed E-state index contributed by atoms with van der Waals surface area (Å²) < 4.78 is 11.8. The highest BCUT2D eigenvalue weighted by Gasteiger charge is 2.22. The highest BCUT2D eigenvalue weighted by Crippen LogP contribution is 2.30. The summed E-state index contributed by atoms with van der Waals surface area (Å²) in [7, 11) is -1.74. The van der Waals surface area contributed by atoms with Crippen LogP contribution in [0.2, 0.25) is 0 Å². The molecule has 1 aliphatic heterocycles. The van der Waals surface area contributed by atoms with Gasteiger partial charge in [-0.25, -0.2) is 0 Å². The van der Waals surface area contributed by atoms with Crippen LogP contribution in [-0.2, 0) is 9.93 Å². The second-order valence-electron chi connectivity index (χ2n) is 4.43. The molecule has 0 unspecified atom stereocenters. The van der Waals surface area contributed by atoms with E-state index in [0.717, 1.165) is 24.3 Å². The first-order valence-electron chi connectivity index (χ1n) is 5.28. The van der Waals surface area contributed by atoms with E-state index in [1.807, 2.05) is 6.26 Å². The SMILES string of the molecule is C[SH]1(=O)CCC(c2ccccc2)CC1. The van der Waals surface area contributed by atoms with E-state index < -0.39 is 9.93 Å². The lowest BCUT2D eigenvalue weighted by Crippen LogP contribution is -2.27. The second kappa shape index (κ2) is 3.85. The van der Waals surface area contributed by atoms with E-state index in [1.54, 1.807) is 0 Å². The van der Waals surface area contributed by atoms with Crippen molar-refractivity contribution in [2.75, 3.05) is 17.8 Å². The Hall–Kier alpha value is -0.630. The van der Waals surface area contributed by atoms with Gasteiger partial charge in [-0.05, 0) is 30.6 Å². The molecule has 0 bridgehead atoms. The van der Waals surface area contributed by atoms with Crippen molar-refractivity contribution in [2.24, 2.45) is 0 Å². The molecule has 1 aromatic carbocycles. The maximum atomic E-state index is 11.8. The second-order valence-corrected chi connectivity index (χ2v) is 7.92. The summed E-state index contributed by atoms with van der Waals surface area (Å²) in [4.78, 5) is 0. The molecule has 2 rings (SSSR count). The first-order chi connectivity index (χ1) is 6.67.